The van der Waals surface area contributed by atoms with Gasteiger partial charge in [0.2, 0.25) is 10.1 Å². The number of carbonyl (C=O) groups is 1. The molecule has 0 aliphatic heterocycles. The first-order valence-electron chi connectivity index (χ1n) is 6.63. The lowest BCUT2D eigenvalue weighted by atomic mass is 10.0. The van der Waals surface area contributed by atoms with Crippen LogP contribution in [0.5, 0.6) is 0 Å². The molecule has 1 aliphatic rings. The van der Waals surface area contributed by atoms with Crippen molar-refractivity contribution in [2.24, 2.45) is 0 Å². The zero-order chi connectivity index (χ0) is 13.9. The Hall–Kier alpha value is -1.54. The quantitative estimate of drug-likeness (QED) is 0.907. The zero-order valence-corrected chi connectivity index (χ0v) is 12.7. The van der Waals surface area contributed by atoms with E-state index >= 15 is 0 Å². The standard InChI is InChI=1S/C12H15N5OS2/c1-2-13-11-17-16-10(20-11)9(18)15-12-14-7-5-3-4-6-8(7)19-12/h2-6H2,1H3,(H,13,17)(H,14,15,18). The van der Waals surface area contributed by atoms with Crippen LogP contribution in [0.25, 0.3) is 0 Å². The minimum atomic E-state index is -0.238. The van der Waals surface area contributed by atoms with Gasteiger partial charge in [-0.2, -0.15) is 0 Å². The van der Waals surface area contributed by atoms with Gasteiger partial charge in [0.1, 0.15) is 0 Å². The summed E-state index contributed by atoms with van der Waals surface area (Å²) in [4.78, 5) is 17.9. The van der Waals surface area contributed by atoms with Gasteiger partial charge in [0.15, 0.2) is 5.13 Å². The summed E-state index contributed by atoms with van der Waals surface area (Å²) in [5, 5.41) is 15.3. The number of nitrogens with one attached hydrogen (secondary N) is 2. The average Bonchev–Trinajstić information content (AvgIpc) is 3.04. The molecule has 0 aromatic carbocycles. The lowest BCUT2D eigenvalue weighted by Crippen LogP contribution is -2.11. The molecule has 0 radical (unpaired) electrons. The molecule has 2 N–H and O–H groups in total. The number of anilines is 2. The molecule has 6 nitrogen and oxygen atoms in total. The van der Waals surface area contributed by atoms with Crippen LogP contribution in [-0.4, -0.2) is 27.6 Å². The van der Waals surface area contributed by atoms with Crippen LogP contribution in [0.3, 0.4) is 0 Å². The minimum Gasteiger partial charge on any atom is -0.360 e. The lowest BCUT2D eigenvalue weighted by Gasteiger charge is -2.06. The Morgan fingerprint density at radius 3 is 2.85 bits per heavy atom. The Bertz CT molecular complexity index is 598. The van der Waals surface area contributed by atoms with Gasteiger partial charge in [-0.05, 0) is 32.6 Å². The molecule has 0 unspecified atom stereocenters. The van der Waals surface area contributed by atoms with E-state index in [1.807, 2.05) is 6.92 Å². The Kier molecular flexibility index (Phi) is 3.93. The average molecular weight is 309 g/mol. The first-order chi connectivity index (χ1) is 9.76. The molecular formula is C12H15N5OS2. The Balaban J connectivity index is 1.70. The van der Waals surface area contributed by atoms with Gasteiger partial charge < -0.3 is 5.32 Å². The van der Waals surface area contributed by atoms with E-state index < -0.39 is 0 Å². The van der Waals surface area contributed by atoms with Crippen LogP contribution in [-0.2, 0) is 12.8 Å². The van der Waals surface area contributed by atoms with E-state index in [0.29, 0.717) is 15.3 Å². The van der Waals surface area contributed by atoms with Crippen LogP contribution in [0.1, 0.15) is 40.1 Å². The van der Waals surface area contributed by atoms with Gasteiger partial charge in [-0.1, -0.05) is 11.3 Å². The summed E-state index contributed by atoms with van der Waals surface area (Å²) in [5.41, 5.74) is 1.14. The van der Waals surface area contributed by atoms with Crippen LogP contribution < -0.4 is 10.6 Å². The second kappa shape index (κ2) is 5.84. The molecule has 0 spiro atoms. The third kappa shape index (κ3) is 2.80. The van der Waals surface area contributed by atoms with E-state index in [1.165, 1.54) is 29.1 Å². The number of amides is 1. The summed E-state index contributed by atoms with van der Waals surface area (Å²) >= 11 is 2.82. The predicted molar refractivity (Wildman–Crippen MR) is 80.8 cm³/mol. The second-order valence-electron chi connectivity index (χ2n) is 4.49. The molecule has 106 valence electrons. The first-order valence-corrected chi connectivity index (χ1v) is 8.27. The van der Waals surface area contributed by atoms with E-state index in [2.05, 4.69) is 25.8 Å². The molecule has 2 heterocycles. The number of rotatable bonds is 4. The summed E-state index contributed by atoms with van der Waals surface area (Å²) in [6.45, 7) is 2.73. The number of carbonyl (C=O) groups excluding carboxylic acids is 1. The van der Waals surface area contributed by atoms with E-state index in [4.69, 9.17) is 0 Å². The largest absolute Gasteiger partial charge is 0.360 e. The van der Waals surface area contributed by atoms with Crippen molar-refractivity contribution in [3.63, 3.8) is 0 Å². The van der Waals surface area contributed by atoms with Gasteiger partial charge in [0.25, 0.3) is 5.91 Å². The van der Waals surface area contributed by atoms with E-state index in [0.717, 1.165) is 25.1 Å². The van der Waals surface area contributed by atoms with Gasteiger partial charge >= 0.3 is 0 Å². The van der Waals surface area contributed by atoms with Crippen molar-refractivity contribution < 1.29 is 4.79 Å². The van der Waals surface area contributed by atoms with Crippen LogP contribution in [0, 0.1) is 0 Å². The number of hydrogen-bond acceptors (Lipinski definition) is 7. The maximum Gasteiger partial charge on any atom is 0.288 e. The van der Waals surface area contributed by atoms with Gasteiger partial charge in [0.05, 0.1) is 5.69 Å². The van der Waals surface area contributed by atoms with Crippen LogP contribution >= 0.6 is 22.7 Å². The second-order valence-corrected chi connectivity index (χ2v) is 6.55. The Morgan fingerprint density at radius 2 is 2.05 bits per heavy atom. The van der Waals surface area contributed by atoms with Gasteiger partial charge in [-0.3, -0.25) is 10.1 Å². The van der Waals surface area contributed by atoms with Crippen molar-refractivity contribution in [2.45, 2.75) is 32.6 Å². The van der Waals surface area contributed by atoms with E-state index in [1.54, 1.807) is 11.3 Å². The predicted octanol–water partition coefficient (Wildman–Crippen LogP) is 2.56. The number of aryl methyl sites for hydroxylation is 2. The fraction of sp³-hybridized carbons (Fsp3) is 0.500. The van der Waals surface area contributed by atoms with Gasteiger partial charge in [0, 0.05) is 11.4 Å². The van der Waals surface area contributed by atoms with Crippen molar-refractivity contribution in [1.29, 1.82) is 0 Å². The molecule has 2 aromatic rings. The summed E-state index contributed by atoms with van der Waals surface area (Å²) in [7, 11) is 0. The maximum atomic E-state index is 12.1. The molecule has 0 saturated carbocycles. The maximum absolute atomic E-state index is 12.1. The van der Waals surface area contributed by atoms with Crippen molar-refractivity contribution in [2.75, 3.05) is 17.2 Å². The highest BCUT2D eigenvalue weighted by molar-refractivity contribution is 7.17. The summed E-state index contributed by atoms with van der Waals surface area (Å²) < 4.78 is 0. The third-order valence-corrected chi connectivity index (χ3v) is 4.97. The summed E-state index contributed by atoms with van der Waals surface area (Å²) in [5.74, 6) is -0.238. The molecule has 8 heteroatoms. The smallest absolute Gasteiger partial charge is 0.288 e. The lowest BCUT2D eigenvalue weighted by molar-refractivity contribution is 0.102. The van der Waals surface area contributed by atoms with Gasteiger partial charge in [-0.15, -0.1) is 21.5 Å². The number of aromatic nitrogens is 3. The number of nitrogens with zero attached hydrogens (tertiary/aromatic N) is 3. The summed E-state index contributed by atoms with van der Waals surface area (Å²) in [6, 6.07) is 0. The highest BCUT2D eigenvalue weighted by atomic mass is 32.1. The van der Waals surface area contributed by atoms with Crippen LogP contribution in [0.15, 0.2) is 0 Å². The van der Waals surface area contributed by atoms with E-state index in [9.17, 15) is 4.79 Å². The third-order valence-electron chi connectivity index (χ3n) is 3.01. The zero-order valence-electron chi connectivity index (χ0n) is 11.1. The molecular weight excluding hydrogens is 294 g/mol. The highest BCUT2D eigenvalue weighted by Crippen LogP contribution is 2.30. The van der Waals surface area contributed by atoms with Crippen molar-refractivity contribution in [3.8, 4) is 0 Å². The number of fused-ring (bicyclic) bond motifs is 1. The summed E-state index contributed by atoms with van der Waals surface area (Å²) in [6.07, 6.45) is 4.49. The topological polar surface area (TPSA) is 79.8 Å². The van der Waals surface area contributed by atoms with Gasteiger partial charge in [-0.25, -0.2) is 4.98 Å². The molecule has 0 atom stereocenters. The van der Waals surface area contributed by atoms with E-state index in [-0.39, 0.29) is 5.91 Å². The molecule has 0 fully saturated rings. The fourth-order valence-electron chi connectivity index (χ4n) is 2.09. The molecule has 0 saturated heterocycles. The monoisotopic (exact) mass is 309 g/mol. The molecule has 2 aromatic heterocycles. The van der Waals surface area contributed by atoms with Crippen molar-refractivity contribution >= 4 is 38.8 Å². The first kappa shape index (κ1) is 13.4. The SMILES string of the molecule is CCNc1nnc(C(=O)Nc2nc3c(s2)CCCC3)s1. The molecule has 0 bridgehead atoms. The number of thiazole rings is 1. The highest BCUT2D eigenvalue weighted by Gasteiger charge is 2.18. The fourth-order valence-corrected chi connectivity index (χ4v) is 3.85. The van der Waals surface area contributed by atoms with Crippen molar-refractivity contribution in [1.82, 2.24) is 15.2 Å². The van der Waals surface area contributed by atoms with Crippen LogP contribution in [0.2, 0.25) is 0 Å². The number of hydrogen-bond donors (Lipinski definition) is 2. The Morgan fingerprint density at radius 1 is 1.20 bits per heavy atom. The normalized spacial score (nSPS) is 13.8. The van der Waals surface area contributed by atoms with Crippen LogP contribution in [0.4, 0.5) is 10.3 Å². The minimum absolute atomic E-state index is 0.238. The Labute approximate surface area is 124 Å². The van der Waals surface area contributed by atoms with Crippen molar-refractivity contribution in [3.05, 3.63) is 15.6 Å². The molecule has 1 aliphatic carbocycles. The molecule has 20 heavy (non-hydrogen) atoms. The molecule has 1 amide bonds. The molecule has 3 rings (SSSR count).